The van der Waals surface area contributed by atoms with Gasteiger partial charge in [0.15, 0.2) is 6.04 Å². The Hall–Kier alpha value is -1.96. The lowest BCUT2D eigenvalue weighted by Gasteiger charge is -2.06. The number of ether oxygens (including phenoxy) is 3. The van der Waals surface area contributed by atoms with Gasteiger partial charge in [0.2, 0.25) is 0 Å². The molecule has 13 heteroatoms. The largest absolute Gasteiger partial charge is 0.513 e. The molecule has 1 aliphatic rings. The number of carboxylic acids is 1. The summed E-state index contributed by atoms with van der Waals surface area (Å²) in [6.07, 6.45) is 17.1. The summed E-state index contributed by atoms with van der Waals surface area (Å²) >= 11 is 2.78. The molecule has 3 rings (SSSR count). The van der Waals surface area contributed by atoms with Crippen LogP contribution in [0.25, 0.3) is 10.2 Å². The number of methoxy groups -OCH3 is 1. The van der Waals surface area contributed by atoms with Crippen molar-refractivity contribution in [1.29, 1.82) is 0 Å². The fraction of sp³-hybridized carbons (Fsp3) is 0.656. The van der Waals surface area contributed by atoms with Gasteiger partial charge in [-0.15, -0.1) is 23.1 Å². The van der Waals surface area contributed by atoms with Gasteiger partial charge in [0.05, 0.1) is 23.9 Å². The third-order valence-corrected chi connectivity index (χ3v) is 12.0. The second kappa shape index (κ2) is 22.5. The number of thiazole rings is 1. The number of rotatable bonds is 24. The number of thioether (sulfide) groups is 1. The predicted molar refractivity (Wildman–Crippen MR) is 188 cm³/mol. The van der Waals surface area contributed by atoms with Crippen LogP contribution in [0.3, 0.4) is 0 Å². The van der Waals surface area contributed by atoms with Crippen LogP contribution in [0.15, 0.2) is 23.2 Å². The van der Waals surface area contributed by atoms with Crippen LogP contribution >= 0.6 is 44.7 Å². The first-order chi connectivity index (χ1) is 22.0. The number of carbonyl (C=O) groups is 3. The van der Waals surface area contributed by atoms with Crippen molar-refractivity contribution in [2.45, 2.75) is 102 Å². The van der Waals surface area contributed by atoms with E-state index in [0.717, 1.165) is 41.0 Å². The van der Waals surface area contributed by atoms with Gasteiger partial charge in [-0.25, -0.2) is 14.6 Å². The Morgan fingerprint density at radius 2 is 1.51 bits per heavy atom. The Bertz CT molecular complexity index is 1220. The van der Waals surface area contributed by atoms with Crippen molar-refractivity contribution in [1.82, 2.24) is 4.98 Å². The van der Waals surface area contributed by atoms with Crippen molar-refractivity contribution in [2.24, 2.45) is 4.99 Å². The summed E-state index contributed by atoms with van der Waals surface area (Å²) in [7, 11) is 5.17. The number of aliphatic imine (C=N–C) groups is 1. The van der Waals surface area contributed by atoms with Crippen LogP contribution in [0.5, 0.6) is 5.75 Å². The highest BCUT2D eigenvalue weighted by atomic mass is 33.1. The first-order valence-electron chi connectivity index (χ1n) is 16.0. The lowest BCUT2D eigenvalue weighted by Crippen LogP contribution is -2.17. The van der Waals surface area contributed by atoms with E-state index in [0.29, 0.717) is 34.6 Å². The number of carboxylic acid groups (broad SMARTS) is 1. The number of aliphatic carboxylic acids is 1. The van der Waals surface area contributed by atoms with E-state index in [1.165, 1.54) is 101 Å². The number of benzene rings is 1. The van der Waals surface area contributed by atoms with Crippen molar-refractivity contribution in [3.63, 3.8) is 0 Å². The highest BCUT2D eigenvalue weighted by Gasteiger charge is 2.27. The van der Waals surface area contributed by atoms with Crippen LogP contribution in [0, 0.1) is 0 Å². The number of nitrogens with zero attached hydrogens (tertiary/aromatic N) is 2. The van der Waals surface area contributed by atoms with Gasteiger partial charge in [-0.05, 0) is 31.4 Å². The summed E-state index contributed by atoms with van der Waals surface area (Å²) in [6.45, 7) is 0.318. The zero-order chi connectivity index (χ0) is 32.1. The van der Waals surface area contributed by atoms with Crippen LogP contribution in [0.1, 0.15) is 101 Å². The van der Waals surface area contributed by atoms with Crippen LogP contribution in [-0.2, 0) is 19.1 Å². The minimum atomic E-state index is -0.932. The van der Waals surface area contributed by atoms with E-state index in [4.69, 9.17) is 14.6 Å². The van der Waals surface area contributed by atoms with Crippen LogP contribution in [0.4, 0.5) is 4.79 Å². The first-order valence-corrected chi connectivity index (χ1v) is 20.3. The third-order valence-electron chi connectivity index (χ3n) is 7.19. The average molecular weight is 699 g/mol. The van der Waals surface area contributed by atoms with Gasteiger partial charge in [-0.2, -0.15) is 0 Å². The Morgan fingerprint density at radius 3 is 2.13 bits per heavy atom. The topological polar surface area (TPSA) is 124 Å². The van der Waals surface area contributed by atoms with Gasteiger partial charge in [-0.1, -0.05) is 92.2 Å². The zero-order valence-electron chi connectivity index (χ0n) is 26.2. The maximum absolute atomic E-state index is 12.1. The zero-order valence-corrected chi connectivity index (χ0v) is 29.4. The molecule has 0 unspecified atom stereocenters. The molecule has 1 aromatic carbocycles. The van der Waals surface area contributed by atoms with Gasteiger partial charge < -0.3 is 19.3 Å². The summed E-state index contributed by atoms with van der Waals surface area (Å²) in [5.74, 6) is 1.84. The third kappa shape index (κ3) is 15.5. The predicted octanol–water partition coefficient (Wildman–Crippen LogP) is 9.16. The van der Waals surface area contributed by atoms with Crippen molar-refractivity contribution < 1.29 is 33.7 Å². The maximum atomic E-state index is 12.1. The molecule has 2 heterocycles. The van der Waals surface area contributed by atoms with E-state index >= 15 is 0 Å². The Morgan fingerprint density at radius 1 is 0.889 bits per heavy atom. The summed E-state index contributed by atoms with van der Waals surface area (Å²) < 4.78 is 16.1. The molecule has 0 aliphatic carbocycles. The Balaban J connectivity index is 1.09. The lowest BCUT2D eigenvalue weighted by atomic mass is 10.0. The molecule has 250 valence electrons. The monoisotopic (exact) mass is 698 g/mol. The quantitative estimate of drug-likeness (QED) is 0.0488. The molecule has 9 nitrogen and oxygen atoms in total. The second-order valence-corrected chi connectivity index (χ2v) is 15.6. The molecule has 0 saturated heterocycles. The SMILES string of the molecule is COC(=O)CCCCCCCCCCCCCCCSSCCCOC(=O)Oc1ccc2nc(C3=N[C@@H](C(=O)O)CS3)sc2c1. The first kappa shape index (κ1) is 37.5. The average Bonchev–Trinajstić information content (AvgIpc) is 3.69. The van der Waals surface area contributed by atoms with E-state index < -0.39 is 18.2 Å². The molecule has 0 spiro atoms. The number of esters is 1. The lowest BCUT2D eigenvalue weighted by molar-refractivity contribution is -0.141. The standard InChI is InChI=1S/C32H46N2O7S4/c1-39-28(35)16-13-11-9-7-5-3-2-4-6-8-10-12-14-20-43-44-21-15-19-40-32(38)41-24-17-18-25-27(22-24)45-30(33-25)29-34-26(23-42-29)31(36)37/h17-18,22,26H,2-16,19-21,23H2,1H3,(H,36,37)/t26-/m1/s1. The summed E-state index contributed by atoms with van der Waals surface area (Å²) in [5, 5.41) is 10.5. The maximum Gasteiger partial charge on any atom is 0.513 e. The molecule has 0 bridgehead atoms. The number of unbranched alkanes of at least 4 members (excludes halogenated alkanes) is 12. The number of aromatic nitrogens is 1. The molecule has 1 atom stereocenters. The van der Waals surface area contributed by atoms with Gasteiger partial charge in [0, 0.05) is 29.7 Å². The highest BCUT2D eigenvalue weighted by Crippen LogP contribution is 2.32. The highest BCUT2D eigenvalue weighted by molar-refractivity contribution is 8.76. The van der Waals surface area contributed by atoms with Crippen molar-refractivity contribution in [3.8, 4) is 5.75 Å². The van der Waals surface area contributed by atoms with E-state index in [-0.39, 0.29) is 5.97 Å². The molecule has 0 fully saturated rings. The van der Waals surface area contributed by atoms with E-state index in [2.05, 4.69) is 14.7 Å². The van der Waals surface area contributed by atoms with Gasteiger partial charge in [0.1, 0.15) is 15.8 Å². The molecule has 0 saturated carbocycles. The molecular formula is C32H46N2O7S4. The van der Waals surface area contributed by atoms with Crippen LogP contribution in [0.2, 0.25) is 0 Å². The summed E-state index contributed by atoms with van der Waals surface area (Å²) in [4.78, 5) is 43.1. The van der Waals surface area contributed by atoms with Crippen molar-refractivity contribution in [2.75, 3.05) is 31.0 Å². The molecule has 45 heavy (non-hydrogen) atoms. The molecule has 2 aromatic rings. The normalized spacial score (nSPS) is 14.4. The Labute approximate surface area is 282 Å². The fourth-order valence-electron chi connectivity index (χ4n) is 4.67. The van der Waals surface area contributed by atoms with E-state index in [9.17, 15) is 14.4 Å². The van der Waals surface area contributed by atoms with E-state index in [1.807, 2.05) is 21.6 Å². The molecule has 1 N–H and O–H groups in total. The number of carbonyl (C=O) groups excluding carboxylic acids is 2. The number of fused-ring (bicyclic) bond motifs is 1. The van der Waals surface area contributed by atoms with E-state index in [1.54, 1.807) is 18.2 Å². The van der Waals surface area contributed by atoms with Gasteiger partial charge >= 0.3 is 18.1 Å². The van der Waals surface area contributed by atoms with Crippen molar-refractivity contribution >= 4 is 78.0 Å². The van der Waals surface area contributed by atoms with Crippen LogP contribution < -0.4 is 4.74 Å². The number of hydrogen-bond acceptors (Lipinski definition) is 12. The smallest absolute Gasteiger partial charge is 0.480 e. The Kier molecular flexibility index (Phi) is 18.8. The molecule has 0 radical (unpaired) electrons. The minimum Gasteiger partial charge on any atom is -0.480 e. The minimum absolute atomic E-state index is 0.0934. The molecule has 1 aromatic heterocycles. The summed E-state index contributed by atoms with van der Waals surface area (Å²) in [5.41, 5.74) is 0.743. The van der Waals surface area contributed by atoms with Crippen LogP contribution in [-0.4, -0.2) is 70.2 Å². The second-order valence-electron chi connectivity index (χ2n) is 10.9. The van der Waals surface area contributed by atoms with Gasteiger partial charge in [-0.3, -0.25) is 9.79 Å². The summed E-state index contributed by atoms with van der Waals surface area (Å²) in [6, 6.07) is 4.45. The molecular weight excluding hydrogens is 653 g/mol. The molecule has 1 aliphatic heterocycles. The molecule has 0 amide bonds. The van der Waals surface area contributed by atoms with Crippen molar-refractivity contribution in [3.05, 3.63) is 23.2 Å². The van der Waals surface area contributed by atoms with Gasteiger partial charge in [0.25, 0.3) is 0 Å². The number of hydrogen-bond donors (Lipinski definition) is 1. The fourth-order valence-corrected chi connectivity index (χ4v) is 8.97.